The molecule has 0 saturated carbocycles. The van der Waals surface area contributed by atoms with Crippen molar-refractivity contribution in [1.29, 1.82) is 0 Å². The molecule has 0 fully saturated rings. The zero-order valence-electron chi connectivity index (χ0n) is 13.3. The van der Waals surface area contributed by atoms with Gasteiger partial charge in [-0.15, -0.1) is 0 Å². The van der Waals surface area contributed by atoms with Crippen LogP contribution < -0.4 is 11.1 Å². The van der Waals surface area contributed by atoms with E-state index in [9.17, 15) is 27.6 Å². The lowest BCUT2D eigenvalue weighted by Gasteiger charge is -2.16. The van der Waals surface area contributed by atoms with Crippen molar-refractivity contribution in [2.45, 2.75) is 25.6 Å². The van der Waals surface area contributed by atoms with E-state index >= 15 is 0 Å². The van der Waals surface area contributed by atoms with Crippen LogP contribution in [-0.2, 0) is 20.5 Å². The van der Waals surface area contributed by atoms with Crippen molar-refractivity contribution in [2.75, 3.05) is 6.61 Å². The van der Waals surface area contributed by atoms with E-state index in [-0.39, 0.29) is 13.0 Å². The Morgan fingerprint density at radius 2 is 1.92 bits per heavy atom. The molecule has 0 heterocycles. The molecule has 3 N–H and O–H groups in total. The highest BCUT2D eigenvalue weighted by atomic mass is 19.4. The molecule has 1 atom stereocenters. The normalized spacial score (nSPS) is 12.6. The minimum absolute atomic E-state index is 0.160. The molecule has 0 aromatic heterocycles. The largest absolute Gasteiger partial charge is 0.463 e. The summed E-state index contributed by atoms with van der Waals surface area (Å²) in [6.45, 7) is 1.77. The van der Waals surface area contributed by atoms with Crippen molar-refractivity contribution < 1.29 is 32.3 Å². The lowest BCUT2D eigenvalue weighted by atomic mass is 10.1. The summed E-state index contributed by atoms with van der Waals surface area (Å²) in [5.74, 6) is -2.70. The summed E-state index contributed by atoms with van der Waals surface area (Å²) in [6.07, 6.45) is -2.62. The Morgan fingerprint density at radius 1 is 1.28 bits per heavy atom. The summed E-state index contributed by atoms with van der Waals surface area (Å²) in [5.41, 5.74) is 3.38. The standard InChI is InChI=1S/C16H17F3N2O4/c1-2-25-13(22)9-5-8-12(14(20)23)21-15(24)10-6-3-4-7-11(10)16(17,18)19/h3-7,9,12H,2,8H2,1H3,(H2,20,23)(H,21,24)/b9-5+/t12-/m1/s1. The molecule has 0 bridgehead atoms. The van der Waals surface area contributed by atoms with Gasteiger partial charge in [-0.25, -0.2) is 4.79 Å². The van der Waals surface area contributed by atoms with E-state index in [4.69, 9.17) is 5.73 Å². The van der Waals surface area contributed by atoms with Gasteiger partial charge < -0.3 is 15.8 Å². The van der Waals surface area contributed by atoms with Gasteiger partial charge in [-0.1, -0.05) is 18.2 Å². The van der Waals surface area contributed by atoms with Crippen LogP contribution in [0.25, 0.3) is 0 Å². The van der Waals surface area contributed by atoms with E-state index in [1.807, 2.05) is 0 Å². The predicted octanol–water partition coefficient (Wildman–Crippen LogP) is 1.80. The van der Waals surface area contributed by atoms with Crippen LogP contribution >= 0.6 is 0 Å². The Bertz CT molecular complexity index is 672. The van der Waals surface area contributed by atoms with Gasteiger partial charge in [0.05, 0.1) is 17.7 Å². The number of benzene rings is 1. The Labute approximate surface area is 141 Å². The minimum atomic E-state index is -4.72. The van der Waals surface area contributed by atoms with Crippen molar-refractivity contribution in [1.82, 2.24) is 5.32 Å². The number of hydrogen-bond donors (Lipinski definition) is 2. The van der Waals surface area contributed by atoms with Crippen molar-refractivity contribution in [3.63, 3.8) is 0 Å². The third-order valence-electron chi connectivity index (χ3n) is 3.04. The maximum atomic E-state index is 12.9. The molecule has 0 unspecified atom stereocenters. The molecule has 2 amide bonds. The highest BCUT2D eigenvalue weighted by Gasteiger charge is 2.35. The topological polar surface area (TPSA) is 98.5 Å². The van der Waals surface area contributed by atoms with Gasteiger partial charge in [-0.3, -0.25) is 9.59 Å². The SMILES string of the molecule is CCOC(=O)/C=C/C[C@@H](NC(=O)c1ccccc1C(F)(F)F)C(N)=O. The fourth-order valence-corrected chi connectivity index (χ4v) is 1.90. The lowest BCUT2D eigenvalue weighted by molar-refractivity contribution is -0.138. The third kappa shape index (κ3) is 6.28. The molecule has 6 nitrogen and oxygen atoms in total. The Balaban J connectivity index is 2.88. The predicted molar refractivity (Wildman–Crippen MR) is 82.3 cm³/mol. The van der Waals surface area contributed by atoms with E-state index in [0.29, 0.717) is 0 Å². The first-order valence-electron chi connectivity index (χ1n) is 7.26. The molecule has 0 spiro atoms. The molecule has 0 aliphatic rings. The minimum Gasteiger partial charge on any atom is -0.463 e. The third-order valence-corrected chi connectivity index (χ3v) is 3.04. The van der Waals surface area contributed by atoms with Crippen molar-refractivity contribution in [3.05, 3.63) is 47.5 Å². The second-order valence-electron chi connectivity index (χ2n) is 4.86. The van der Waals surface area contributed by atoms with Crippen LogP contribution in [0.4, 0.5) is 13.2 Å². The van der Waals surface area contributed by atoms with Gasteiger partial charge in [0.2, 0.25) is 5.91 Å². The average molecular weight is 358 g/mol. The molecule has 1 aromatic rings. The first-order chi connectivity index (χ1) is 11.7. The van der Waals surface area contributed by atoms with E-state index in [1.54, 1.807) is 6.92 Å². The number of esters is 1. The van der Waals surface area contributed by atoms with Crippen molar-refractivity contribution in [3.8, 4) is 0 Å². The van der Waals surface area contributed by atoms with Crippen LogP contribution in [0.2, 0.25) is 0 Å². The van der Waals surface area contributed by atoms with Crippen LogP contribution in [0, 0.1) is 0 Å². The number of nitrogens with two attached hydrogens (primary N) is 1. The first-order valence-corrected chi connectivity index (χ1v) is 7.26. The molecule has 0 aliphatic carbocycles. The second-order valence-corrected chi connectivity index (χ2v) is 4.86. The number of nitrogens with one attached hydrogen (secondary N) is 1. The molecule has 25 heavy (non-hydrogen) atoms. The fraction of sp³-hybridized carbons (Fsp3) is 0.312. The Kier molecular flexibility index (Phi) is 7.16. The summed E-state index contributed by atoms with van der Waals surface area (Å²) in [7, 11) is 0. The van der Waals surface area contributed by atoms with Crippen molar-refractivity contribution >= 4 is 17.8 Å². The summed E-state index contributed by atoms with van der Waals surface area (Å²) in [6, 6.07) is 2.89. The zero-order valence-corrected chi connectivity index (χ0v) is 13.3. The molecule has 0 saturated heterocycles. The Morgan fingerprint density at radius 3 is 2.48 bits per heavy atom. The van der Waals surface area contributed by atoms with Crippen LogP contribution in [0.15, 0.2) is 36.4 Å². The van der Waals surface area contributed by atoms with E-state index < -0.39 is 41.1 Å². The number of amides is 2. The number of alkyl halides is 3. The van der Waals surface area contributed by atoms with Crippen LogP contribution in [0.3, 0.4) is 0 Å². The van der Waals surface area contributed by atoms with E-state index in [2.05, 4.69) is 10.1 Å². The average Bonchev–Trinajstić information content (AvgIpc) is 2.53. The monoisotopic (exact) mass is 358 g/mol. The number of carbonyl (C=O) groups is 3. The number of ether oxygens (including phenoxy) is 1. The van der Waals surface area contributed by atoms with Crippen LogP contribution in [0.1, 0.15) is 29.3 Å². The molecule has 1 rings (SSSR count). The number of hydrogen-bond acceptors (Lipinski definition) is 4. The van der Waals surface area contributed by atoms with Gasteiger partial charge in [0, 0.05) is 6.08 Å². The Hall–Kier alpha value is -2.84. The van der Waals surface area contributed by atoms with Gasteiger partial charge in [0.1, 0.15) is 6.04 Å². The van der Waals surface area contributed by atoms with Gasteiger partial charge >= 0.3 is 12.1 Å². The number of primary amides is 1. The lowest BCUT2D eigenvalue weighted by Crippen LogP contribution is -2.44. The molecular weight excluding hydrogens is 341 g/mol. The van der Waals surface area contributed by atoms with Crippen LogP contribution in [0.5, 0.6) is 0 Å². The van der Waals surface area contributed by atoms with Gasteiger partial charge in [-0.2, -0.15) is 13.2 Å². The fourth-order valence-electron chi connectivity index (χ4n) is 1.90. The number of halogens is 3. The maximum Gasteiger partial charge on any atom is 0.417 e. The molecule has 0 aliphatic heterocycles. The van der Waals surface area contributed by atoms with Gasteiger partial charge in [0.15, 0.2) is 0 Å². The summed E-state index contributed by atoms with van der Waals surface area (Å²) in [4.78, 5) is 34.6. The summed E-state index contributed by atoms with van der Waals surface area (Å²) in [5, 5.41) is 2.13. The molecular formula is C16H17F3N2O4. The smallest absolute Gasteiger partial charge is 0.417 e. The number of rotatable bonds is 7. The quantitative estimate of drug-likeness (QED) is 0.573. The van der Waals surface area contributed by atoms with Crippen molar-refractivity contribution in [2.24, 2.45) is 5.73 Å². The molecule has 1 aromatic carbocycles. The second kappa shape index (κ2) is 8.86. The highest BCUT2D eigenvalue weighted by Crippen LogP contribution is 2.31. The number of carbonyl (C=O) groups excluding carboxylic acids is 3. The maximum absolute atomic E-state index is 12.9. The van der Waals surface area contributed by atoms with E-state index in [1.165, 1.54) is 12.1 Å². The summed E-state index contributed by atoms with van der Waals surface area (Å²) >= 11 is 0. The van der Waals surface area contributed by atoms with Gasteiger partial charge in [0.25, 0.3) is 5.91 Å². The molecule has 136 valence electrons. The highest BCUT2D eigenvalue weighted by molar-refractivity contribution is 5.98. The van der Waals surface area contributed by atoms with E-state index in [0.717, 1.165) is 24.3 Å². The zero-order chi connectivity index (χ0) is 19.0. The van der Waals surface area contributed by atoms with Gasteiger partial charge in [-0.05, 0) is 25.5 Å². The first kappa shape index (κ1) is 20.2. The summed E-state index contributed by atoms with van der Waals surface area (Å²) < 4.78 is 43.4. The van der Waals surface area contributed by atoms with Crippen LogP contribution in [-0.4, -0.2) is 30.4 Å². The molecule has 9 heteroatoms. The molecule has 0 radical (unpaired) electrons.